The molecule has 0 unspecified atom stereocenters. The first kappa shape index (κ1) is 15.1. The van der Waals surface area contributed by atoms with Crippen LogP contribution in [0.4, 0.5) is 11.6 Å². The Balaban J connectivity index is 1.86. The summed E-state index contributed by atoms with van der Waals surface area (Å²) in [6.07, 6.45) is 0. The maximum Gasteiger partial charge on any atom is 0.279 e. The molecule has 23 heavy (non-hydrogen) atoms. The molecule has 0 fully saturated rings. The second-order valence-electron chi connectivity index (χ2n) is 4.69. The van der Waals surface area contributed by atoms with Crippen LogP contribution in [0.2, 0.25) is 5.02 Å². The number of nitrogens with zero attached hydrogens (tertiary/aromatic N) is 2. The summed E-state index contributed by atoms with van der Waals surface area (Å²) >= 11 is 6.06. The molecule has 1 heterocycles. The fourth-order valence-corrected chi connectivity index (χ4v) is 2.32. The van der Waals surface area contributed by atoms with Gasteiger partial charge in [0.05, 0.1) is 12.1 Å². The molecule has 2 aromatic carbocycles. The summed E-state index contributed by atoms with van der Waals surface area (Å²) in [7, 11) is 1.54. The fourth-order valence-electron chi connectivity index (χ4n) is 2.06. The van der Waals surface area contributed by atoms with E-state index in [1.807, 2.05) is 18.2 Å². The second kappa shape index (κ2) is 6.50. The standard InChI is InChI=1S/C16H13ClN4O2/c1-23-13-8-7-11(9-12(13)17)18-16-19-15(22)14(20-21-16)10-5-3-2-4-6-10/h2-9H,1H3,(H2,18,19,21,22). The van der Waals surface area contributed by atoms with E-state index in [4.69, 9.17) is 16.3 Å². The lowest BCUT2D eigenvalue weighted by molar-refractivity contribution is 0.415. The number of nitrogens with one attached hydrogen (secondary N) is 2. The quantitative estimate of drug-likeness (QED) is 0.768. The van der Waals surface area contributed by atoms with Crippen molar-refractivity contribution >= 4 is 23.2 Å². The Morgan fingerprint density at radius 1 is 1.13 bits per heavy atom. The number of benzene rings is 2. The van der Waals surface area contributed by atoms with E-state index in [1.165, 1.54) is 0 Å². The minimum Gasteiger partial charge on any atom is -0.495 e. The van der Waals surface area contributed by atoms with E-state index in [-0.39, 0.29) is 17.2 Å². The fraction of sp³-hybridized carbons (Fsp3) is 0.0625. The number of hydrogen-bond donors (Lipinski definition) is 2. The number of aromatic nitrogens is 3. The maximum absolute atomic E-state index is 12.2. The van der Waals surface area contributed by atoms with Crippen LogP contribution < -0.4 is 15.6 Å². The molecule has 0 radical (unpaired) electrons. The Morgan fingerprint density at radius 2 is 1.91 bits per heavy atom. The zero-order valence-electron chi connectivity index (χ0n) is 12.2. The molecule has 0 bridgehead atoms. The first-order chi connectivity index (χ1) is 11.2. The molecule has 0 saturated heterocycles. The Hall–Kier alpha value is -2.86. The van der Waals surface area contributed by atoms with Gasteiger partial charge in [-0.05, 0) is 18.2 Å². The van der Waals surface area contributed by atoms with Crippen LogP contribution in [0.25, 0.3) is 11.3 Å². The molecule has 116 valence electrons. The Morgan fingerprint density at radius 3 is 2.57 bits per heavy atom. The smallest absolute Gasteiger partial charge is 0.279 e. The predicted octanol–water partition coefficient (Wildman–Crippen LogP) is 3.24. The molecule has 0 saturated carbocycles. The van der Waals surface area contributed by atoms with Crippen LogP contribution in [-0.2, 0) is 0 Å². The summed E-state index contributed by atoms with van der Waals surface area (Å²) in [5.74, 6) is 0.798. The topological polar surface area (TPSA) is 79.9 Å². The van der Waals surface area contributed by atoms with Crippen molar-refractivity contribution in [3.05, 3.63) is 63.9 Å². The van der Waals surface area contributed by atoms with Gasteiger partial charge < -0.3 is 10.1 Å². The number of methoxy groups -OCH3 is 1. The minimum atomic E-state index is -0.326. The molecule has 3 rings (SSSR count). The van der Waals surface area contributed by atoms with Crippen LogP contribution in [-0.4, -0.2) is 22.3 Å². The van der Waals surface area contributed by atoms with E-state index >= 15 is 0 Å². The van der Waals surface area contributed by atoms with Gasteiger partial charge in [-0.15, -0.1) is 10.2 Å². The van der Waals surface area contributed by atoms with Crippen LogP contribution in [0.3, 0.4) is 0 Å². The third kappa shape index (κ3) is 3.32. The Labute approximate surface area is 137 Å². The molecule has 6 nitrogen and oxygen atoms in total. The van der Waals surface area contributed by atoms with Gasteiger partial charge in [-0.1, -0.05) is 41.9 Å². The molecule has 0 aliphatic rings. The Bertz CT molecular complexity index is 881. The van der Waals surface area contributed by atoms with Crippen molar-refractivity contribution in [3.8, 4) is 17.0 Å². The van der Waals surface area contributed by atoms with E-state index in [0.717, 1.165) is 0 Å². The number of rotatable bonds is 4. The molecule has 0 aliphatic heterocycles. The third-order valence-electron chi connectivity index (χ3n) is 3.16. The molecular formula is C16H13ClN4O2. The lowest BCUT2D eigenvalue weighted by atomic mass is 10.2. The monoisotopic (exact) mass is 328 g/mol. The summed E-state index contributed by atoms with van der Waals surface area (Å²) in [4.78, 5) is 14.8. The first-order valence-electron chi connectivity index (χ1n) is 6.80. The van der Waals surface area contributed by atoms with Gasteiger partial charge in [0, 0.05) is 11.3 Å². The van der Waals surface area contributed by atoms with Crippen molar-refractivity contribution in [1.29, 1.82) is 0 Å². The molecule has 2 N–H and O–H groups in total. The zero-order chi connectivity index (χ0) is 16.2. The Kier molecular flexibility index (Phi) is 4.25. The van der Waals surface area contributed by atoms with Crippen LogP contribution in [0, 0.1) is 0 Å². The van der Waals surface area contributed by atoms with E-state index in [0.29, 0.717) is 22.0 Å². The summed E-state index contributed by atoms with van der Waals surface area (Å²) in [5, 5.41) is 11.4. The van der Waals surface area contributed by atoms with Gasteiger partial charge in [0.15, 0.2) is 5.69 Å². The first-order valence-corrected chi connectivity index (χ1v) is 7.18. The maximum atomic E-state index is 12.2. The average Bonchev–Trinajstić information content (AvgIpc) is 2.56. The summed E-state index contributed by atoms with van der Waals surface area (Å²) in [6.45, 7) is 0. The normalized spacial score (nSPS) is 10.3. The van der Waals surface area contributed by atoms with Gasteiger partial charge in [-0.25, -0.2) is 0 Å². The van der Waals surface area contributed by atoms with Crippen molar-refractivity contribution < 1.29 is 4.74 Å². The zero-order valence-corrected chi connectivity index (χ0v) is 13.0. The van der Waals surface area contributed by atoms with Crippen molar-refractivity contribution in [2.24, 2.45) is 0 Å². The van der Waals surface area contributed by atoms with Crippen molar-refractivity contribution in [2.75, 3.05) is 12.4 Å². The van der Waals surface area contributed by atoms with Gasteiger partial charge in [-0.3, -0.25) is 9.78 Å². The second-order valence-corrected chi connectivity index (χ2v) is 5.10. The van der Waals surface area contributed by atoms with Gasteiger partial charge in [-0.2, -0.15) is 0 Å². The molecule has 7 heteroatoms. The van der Waals surface area contributed by atoms with Crippen molar-refractivity contribution in [1.82, 2.24) is 15.2 Å². The highest BCUT2D eigenvalue weighted by Gasteiger charge is 2.08. The number of aromatic amines is 1. The van der Waals surface area contributed by atoms with E-state index < -0.39 is 0 Å². The van der Waals surface area contributed by atoms with Gasteiger partial charge >= 0.3 is 0 Å². The predicted molar refractivity (Wildman–Crippen MR) is 89.4 cm³/mol. The molecule has 0 atom stereocenters. The summed E-state index contributed by atoms with van der Waals surface area (Å²) < 4.78 is 5.09. The number of halogens is 1. The average molecular weight is 329 g/mol. The molecular weight excluding hydrogens is 316 g/mol. The highest BCUT2D eigenvalue weighted by molar-refractivity contribution is 6.32. The third-order valence-corrected chi connectivity index (χ3v) is 3.45. The van der Waals surface area contributed by atoms with Crippen molar-refractivity contribution in [2.45, 2.75) is 0 Å². The number of H-pyrrole nitrogens is 1. The number of anilines is 2. The number of hydrogen-bond acceptors (Lipinski definition) is 5. The van der Waals surface area contributed by atoms with E-state index in [1.54, 1.807) is 37.4 Å². The summed E-state index contributed by atoms with van der Waals surface area (Å²) in [6, 6.07) is 14.3. The van der Waals surface area contributed by atoms with Gasteiger partial charge in [0.2, 0.25) is 5.95 Å². The van der Waals surface area contributed by atoms with Crippen molar-refractivity contribution in [3.63, 3.8) is 0 Å². The van der Waals surface area contributed by atoms with Crippen LogP contribution >= 0.6 is 11.6 Å². The molecule has 0 aliphatic carbocycles. The largest absolute Gasteiger partial charge is 0.495 e. The van der Waals surface area contributed by atoms with Crippen LogP contribution in [0.15, 0.2) is 53.3 Å². The lowest BCUT2D eigenvalue weighted by Gasteiger charge is -2.08. The highest BCUT2D eigenvalue weighted by Crippen LogP contribution is 2.28. The molecule has 0 amide bonds. The highest BCUT2D eigenvalue weighted by atomic mass is 35.5. The van der Waals surface area contributed by atoms with E-state index in [9.17, 15) is 4.79 Å². The SMILES string of the molecule is COc1ccc(Nc2nnc(-c3ccccc3)c(=O)[nH]2)cc1Cl. The van der Waals surface area contributed by atoms with Crippen LogP contribution in [0.1, 0.15) is 0 Å². The molecule has 1 aromatic heterocycles. The van der Waals surface area contributed by atoms with E-state index in [2.05, 4.69) is 20.5 Å². The minimum absolute atomic E-state index is 0.232. The lowest BCUT2D eigenvalue weighted by Crippen LogP contribution is -2.15. The van der Waals surface area contributed by atoms with Crippen LogP contribution in [0.5, 0.6) is 5.75 Å². The summed E-state index contributed by atoms with van der Waals surface area (Å²) in [5.41, 5.74) is 1.31. The molecule has 3 aromatic rings. The number of ether oxygens (including phenoxy) is 1. The molecule has 0 spiro atoms. The van der Waals surface area contributed by atoms with Gasteiger partial charge in [0.1, 0.15) is 5.75 Å². The van der Waals surface area contributed by atoms with Gasteiger partial charge in [0.25, 0.3) is 5.56 Å².